The lowest BCUT2D eigenvalue weighted by Gasteiger charge is -2.47. The SMILES string of the molecule is COc1ccccc1C1C(N)CCC(=O)N1C(C)(C)C. The molecule has 0 aliphatic carbocycles. The van der Waals surface area contributed by atoms with Crippen LogP contribution in [0.4, 0.5) is 0 Å². The van der Waals surface area contributed by atoms with Crippen LogP contribution in [-0.2, 0) is 4.79 Å². The van der Waals surface area contributed by atoms with Gasteiger partial charge in [0, 0.05) is 23.6 Å². The third-order valence-electron chi connectivity index (χ3n) is 3.82. The molecule has 110 valence electrons. The number of para-hydroxylation sites is 1. The molecule has 2 unspecified atom stereocenters. The maximum Gasteiger partial charge on any atom is 0.223 e. The molecule has 1 aliphatic rings. The van der Waals surface area contributed by atoms with Crippen molar-refractivity contribution in [3.63, 3.8) is 0 Å². The maximum absolute atomic E-state index is 12.4. The van der Waals surface area contributed by atoms with Crippen molar-refractivity contribution in [1.29, 1.82) is 0 Å². The summed E-state index contributed by atoms with van der Waals surface area (Å²) >= 11 is 0. The predicted molar refractivity (Wildman–Crippen MR) is 79.5 cm³/mol. The smallest absolute Gasteiger partial charge is 0.223 e. The summed E-state index contributed by atoms with van der Waals surface area (Å²) < 4.78 is 5.45. The molecule has 20 heavy (non-hydrogen) atoms. The molecule has 0 bridgehead atoms. The molecule has 1 heterocycles. The van der Waals surface area contributed by atoms with Gasteiger partial charge in [-0.25, -0.2) is 0 Å². The Bertz CT molecular complexity index is 493. The van der Waals surface area contributed by atoms with Crippen LogP contribution >= 0.6 is 0 Å². The fourth-order valence-electron chi connectivity index (χ4n) is 2.99. The number of hydrogen-bond donors (Lipinski definition) is 1. The van der Waals surface area contributed by atoms with Gasteiger partial charge in [-0.1, -0.05) is 18.2 Å². The number of rotatable bonds is 2. The summed E-state index contributed by atoms with van der Waals surface area (Å²) in [6.45, 7) is 6.14. The van der Waals surface area contributed by atoms with E-state index in [1.54, 1.807) is 7.11 Å². The van der Waals surface area contributed by atoms with E-state index < -0.39 is 0 Å². The fraction of sp³-hybridized carbons (Fsp3) is 0.562. The fourth-order valence-corrected chi connectivity index (χ4v) is 2.99. The van der Waals surface area contributed by atoms with Gasteiger partial charge in [-0.3, -0.25) is 4.79 Å². The number of piperidine rings is 1. The molecule has 2 N–H and O–H groups in total. The van der Waals surface area contributed by atoms with E-state index in [0.29, 0.717) is 12.8 Å². The molecule has 0 aromatic heterocycles. The summed E-state index contributed by atoms with van der Waals surface area (Å²) in [6.07, 6.45) is 1.23. The van der Waals surface area contributed by atoms with Gasteiger partial charge in [0.05, 0.1) is 13.2 Å². The van der Waals surface area contributed by atoms with Crippen LogP contribution in [0.5, 0.6) is 5.75 Å². The van der Waals surface area contributed by atoms with E-state index in [1.165, 1.54) is 0 Å². The number of amides is 1. The lowest BCUT2D eigenvalue weighted by atomic mass is 9.86. The zero-order valence-electron chi connectivity index (χ0n) is 12.7. The largest absolute Gasteiger partial charge is 0.496 e. The molecular formula is C16H24N2O2. The maximum atomic E-state index is 12.4. The van der Waals surface area contributed by atoms with Crippen molar-refractivity contribution >= 4 is 5.91 Å². The van der Waals surface area contributed by atoms with E-state index in [1.807, 2.05) is 49.9 Å². The van der Waals surface area contributed by atoms with Gasteiger partial charge in [-0.15, -0.1) is 0 Å². The topological polar surface area (TPSA) is 55.6 Å². The van der Waals surface area contributed by atoms with E-state index in [9.17, 15) is 4.79 Å². The Labute approximate surface area is 120 Å². The number of methoxy groups -OCH3 is 1. The van der Waals surface area contributed by atoms with E-state index in [0.717, 1.165) is 11.3 Å². The average molecular weight is 276 g/mol. The first-order chi connectivity index (χ1) is 9.36. The predicted octanol–water partition coefficient (Wildman–Crippen LogP) is 2.48. The number of hydrogen-bond acceptors (Lipinski definition) is 3. The molecule has 2 rings (SSSR count). The Morgan fingerprint density at radius 2 is 1.95 bits per heavy atom. The summed E-state index contributed by atoms with van der Waals surface area (Å²) in [5, 5.41) is 0. The summed E-state index contributed by atoms with van der Waals surface area (Å²) in [7, 11) is 1.65. The third-order valence-corrected chi connectivity index (χ3v) is 3.82. The molecule has 4 nitrogen and oxygen atoms in total. The van der Waals surface area contributed by atoms with Crippen LogP contribution in [0, 0.1) is 0 Å². The van der Waals surface area contributed by atoms with Crippen molar-refractivity contribution in [2.45, 2.75) is 51.2 Å². The molecule has 2 atom stereocenters. The molecule has 1 aromatic rings. The summed E-state index contributed by atoms with van der Waals surface area (Å²) in [5.41, 5.74) is 7.06. The Balaban J connectivity index is 2.51. The second-order valence-corrected chi connectivity index (χ2v) is 6.32. The lowest BCUT2D eigenvalue weighted by Crippen LogP contribution is -2.56. The van der Waals surface area contributed by atoms with Crippen LogP contribution in [0.3, 0.4) is 0 Å². The summed E-state index contributed by atoms with van der Waals surface area (Å²) in [4.78, 5) is 14.3. The summed E-state index contributed by atoms with van der Waals surface area (Å²) in [6, 6.07) is 7.61. The first-order valence-electron chi connectivity index (χ1n) is 7.07. The van der Waals surface area contributed by atoms with Crippen LogP contribution in [0.1, 0.15) is 45.2 Å². The number of likely N-dealkylation sites (tertiary alicyclic amines) is 1. The Morgan fingerprint density at radius 1 is 1.30 bits per heavy atom. The average Bonchev–Trinajstić information content (AvgIpc) is 2.39. The zero-order chi connectivity index (χ0) is 14.9. The minimum Gasteiger partial charge on any atom is -0.496 e. The van der Waals surface area contributed by atoms with Crippen molar-refractivity contribution in [3.05, 3.63) is 29.8 Å². The molecule has 0 radical (unpaired) electrons. The third kappa shape index (κ3) is 2.66. The Kier molecular flexibility index (Phi) is 4.04. The highest BCUT2D eigenvalue weighted by atomic mass is 16.5. The normalized spacial score (nSPS) is 23.9. The molecule has 1 aromatic carbocycles. The second kappa shape index (κ2) is 5.44. The molecule has 0 saturated carbocycles. The van der Waals surface area contributed by atoms with E-state index >= 15 is 0 Å². The van der Waals surface area contributed by atoms with Gasteiger partial charge in [0.15, 0.2) is 0 Å². The number of ether oxygens (including phenoxy) is 1. The molecule has 4 heteroatoms. The highest BCUT2D eigenvalue weighted by Gasteiger charge is 2.41. The van der Waals surface area contributed by atoms with Gasteiger partial charge in [0.2, 0.25) is 5.91 Å². The number of nitrogens with two attached hydrogens (primary N) is 1. The molecule has 1 saturated heterocycles. The summed E-state index contributed by atoms with van der Waals surface area (Å²) in [5.74, 6) is 0.951. The van der Waals surface area contributed by atoms with Gasteiger partial charge < -0.3 is 15.4 Å². The van der Waals surface area contributed by atoms with E-state index in [2.05, 4.69) is 0 Å². The van der Waals surface area contributed by atoms with E-state index in [-0.39, 0.29) is 23.5 Å². The second-order valence-electron chi connectivity index (χ2n) is 6.32. The Morgan fingerprint density at radius 3 is 2.55 bits per heavy atom. The van der Waals surface area contributed by atoms with Crippen molar-refractivity contribution < 1.29 is 9.53 Å². The molecule has 1 amide bonds. The van der Waals surface area contributed by atoms with Crippen LogP contribution < -0.4 is 10.5 Å². The monoisotopic (exact) mass is 276 g/mol. The molecule has 0 spiro atoms. The number of nitrogens with zero attached hydrogens (tertiary/aromatic N) is 1. The Hall–Kier alpha value is -1.55. The molecule has 1 aliphatic heterocycles. The number of benzene rings is 1. The minimum absolute atomic E-state index is 0.0665. The van der Waals surface area contributed by atoms with Gasteiger partial charge >= 0.3 is 0 Å². The van der Waals surface area contributed by atoms with Crippen LogP contribution in [-0.4, -0.2) is 29.5 Å². The molecule has 1 fully saturated rings. The first kappa shape index (κ1) is 14.9. The van der Waals surface area contributed by atoms with Crippen LogP contribution in [0.15, 0.2) is 24.3 Å². The quantitative estimate of drug-likeness (QED) is 0.903. The first-order valence-corrected chi connectivity index (χ1v) is 7.07. The molecular weight excluding hydrogens is 252 g/mol. The zero-order valence-corrected chi connectivity index (χ0v) is 12.7. The standard InChI is InChI=1S/C16H24N2O2/c1-16(2,3)18-14(19)10-9-12(17)15(18)11-7-5-6-8-13(11)20-4/h5-8,12,15H,9-10,17H2,1-4H3. The van der Waals surface area contributed by atoms with Gasteiger partial charge in [0.25, 0.3) is 0 Å². The van der Waals surface area contributed by atoms with Crippen molar-refractivity contribution in [2.24, 2.45) is 5.73 Å². The van der Waals surface area contributed by atoms with Crippen molar-refractivity contribution in [1.82, 2.24) is 4.90 Å². The van der Waals surface area contributed by atoms with Gasteiger partial charge in [-0.2, -0.15) is 0 Å². The van der Waals surface area contributed by atoms with Gasteiger partial charge in [0.1, 0.15) is 5.75 Å². The van der Waals surface area contributed by atoms with Crippen molar-refractivity contribution in [2.75, 3.05) is 7.11 Å². The lowest BCUT2D eigenvalue weighted by molar-refractivity contribution is -0.144. The number of carbonyl (C=O) groups is 1. The highest BCUT2D eigenvalue weighted by Crippen LogP contribution is 2.39. The minimum atomic E-state index is -0.263. The van der Waals surface area contributed by atoms with Crippen molar-refractivity contribution in [3.8, 4) is 5.75 Å². The highest BCUT2D eigenvalue weighted by molar-refractivity contribution is 5.79. The van der Waals surface area contributed by atoms with E-state index in [4.69, 9.17) is 10.5 Å². The van der Waals surface area contributed by atoms with Gasteiger partial charge in [-0.05, 0) is 33.3 Å². The van der Waals surface area contributed by atoms with Crippen LogP contribution in [0.25, 0.3) is 0 Å². The number of carbonyl (C=O) groups excluding carboxylic acids is 1. The van der Waals surface area contributed by atoms with Crippen LogP contribution in [0.2, 0.25) is 0 Å².